The molecule has 1 aromatic heterocycles. The molecule has 1 amide bonds. The van der Waals surface area contributed by atoms with Gasteiger partial charge in [-0.3, -0.25) is 4.79 Å². The highest BCUT2D eigenvalue weighted by Gasteiger charge is 2.26. The maximum absolute atomic E-state index is 13.9. The normalized spacial score (nSPS) is 12.7. The minimum Gasteiger partial charge on any atom is -0.478 e. The van der Waals surface area contributed by atoms with Crippen LogP contribution in [0.4, 0.5) is 10.1 Å². The Morgan fingerprint density at radius 2 is 1.68 bits per heavy atom. The molecule has 8 heteroatoms. The van der Waals surface area contributed by atoms with Crippen LogP contribution >= 0.6 is 11.8 Å². The van der Waals surface area contributed by atoms with E-state index < -0.39 is 17.2 Å². The van der Waals surface area contributed by atoms with E-state index in [1.54, 1.807) is 19.1 Å². The fourth-order valence-corrected chi connectivity index (χ4v) is 4.35. The minimum atomic E-state index is -0.668. The molecule has 0 aliphatic carbocycles. The number of amides is 1. The number of ether oxygens (including phenoxy) is 1. The molecule has 6 nitrogen and oxygen atoms in total. The number of anilines is 1. The van der Waals surface area contributed by atoms with Crippen LogP contribution in [-0.4, -0.2) is 16.1 Å². The molecule has 0 aliphatic heterocycles. The van der Waals surface area contributed by atoms with Gasteiger partial charge in [-0.2, -0.15) is 0 Å². The molecule has 0 fully saturated rings. The number of nitrogens with one attached hydrogen (secondary N) is 1. The predicted octanol–water partition coefficient (Wildman–Crippen LogP) is 6.44. The van der Waals surface area contributed by atoms with Gasteiger partial charge >= 0.3 is 0 Å². The molecule has 0 spiro atoms. The Morgan fingerprint density at radius 1 is 1.00 bits per heavy atom. The zero-order valence-electron chi connectivity index (χ0n) is 19.0. The lowest BCUT2D eigenvalue weighted by Crippen LogP contribution is -2.19. The molecular weight excluding hydrogens is 453 g/mol. The number of nitrogens with zero attached hydrogens (tertiary/aromatic N) is 2. The van der Waals surface area contributed by atoms with Gasteiger partial charge in [0.05, 0.1) is 0 Å². The summed E-state index contributed by atoms with van der Waals surface area (Å²) in [6.45, 7) is 5.66. The first-order valence-electron chi connectivity index (χ1n) is 10.7. The first-order chi connectivity index (χ1) is 16.4. The maximum atomic E-state index is 13.9. The van der Waals surface area contributed by atoms with Crippen molar-refractivity contribution < 1.29 is 18.3 Å². The van der Waals surface area contributed by atoms with Gasteiger partial charge in [-0.15, -0.1) is 10.2 Å². The highest BCUT2D eigenvalue weighted by molar-refractivity contribution is 8.00. The second-order valence-corrected chi connectivity index (χ2v) is 8.93. The van der Waals surface area contributed by atoms with Crippen LogP contribution < -0.4 is 10.1 Å². The summed E-state index contributed by atoms with van der Waals surface area (Å²) < 4.78 is 25.3. The molecule has 0 saturated heterocycles. The third-order valence-corrected chi connectivity index (χ3v) is 6.05. The number of hydrogen-bond donors (Lipinski definition) is 1. The molecule has 3 aromatic carbocycles. The average Bonchev–Trinajstić information content (AvgIpc) is 3.28. The van der Waals surface area contributed by atoms with Gasteiger partial charge in [0.2, 0.25) is 5.91 Å². The zero-order valence-corrected chi connectivity index (χ0v) is 19.8. The van der Waals surface area contributed by atoms with Crippen LogP contribution in [0, 0.1) is 19.7 Å². The molecule has 174 valence electrons. The van der Waals surface area contributed by atoms with Gasteiger partial charge in [0, 0.05) is 5.69 Å². The van der Waals surface area contributed by atoms with Crippen molar-refractivity contribution in [1.29, 1.82) is 0 Å². The lowest BCUT2D eigenvalue weighted by atomic mass is 10.1. The van der Waals surface area contributed by atoms with Crippen molar-refractivity contribution in [2.24, 2.45) is 0 Å². The van der Waals surface area contributed by atoms with Crippen molar-refractivity contribution in [3.8, 4) is 5.75 Å². The van der Waals surface area contributed by atoms with E-state index in [0.717, 1.165) is 34.1 Å². The third kappa shape index (κ3) is 5.82. The van der Waals surface area contributed by atoms with Crippen molar-refractivity contribution in [3.05, 3.63) is 101 Å². The molecular formula is C26H24FN3O3S. The van der Waals surface area contributed by atoms with Crippen molar-refractivity contribution in [1.82, 2.24) is 10.2 Å². The van der Waals surface area contributed by atoms with E-state index in [2.05, 4.69) is 15.5 Å². The van der Waals surface area contributed by atoms with Crippen molar-refractivity contribution in [2.75, 3.05) is 5.32 Å². The number of halogens is 1. The molecule has 0 unspecified atom stereocenters. The van der Waals surface area contributed by atoms with Gasteiger partial charge in [-0.1, -0.05) is 48.5 Å². The minimum absolute atomic E-state index is 0.0948. The van der Waals surface area contributed by atoms with Crippen LogP contribution in [0.15, 0.2) is 82.4 Å². The van der Waals surface area contributed by atoms with E-state index in [-0.39, 0.29) is 22.8 Å². The molecule has 0 saturated carbocycles. The third-order valence-electron chi connectivity index (χ3n) is 4.96. The highest BCUT2D eigenvalue weighted by Crippen LogP contribution is 2.36. The van der Waals surface area contributed by atoms with Gasteiger partial charge in [0.1, 0.15) is 5.25 Å². The Bertz CT molecular complexity index is 1260. The Balaban J connectivity index is 1.52. The van der Waals surface area contributed by atoms with E-state index in [1.165, 1.54) is 12.1 Å². The van der Waals surface area contributed by atoms with E-state index in [1.807, 2.05) is 62.4 Å². The van der Waals surface area contributed by atoms with Crippen LogP contribution in [0.3, 0.4) is 0 Å². The van der Waals surface area contributed by atoms with Crippen LogP contribution in [0.5, 0.6) is 5.75 Å². The van der Waals surface area contributed by atoms with E-state index in [9.17, 15) is 9.18 Å². The van der Waals surface area contributed by atoms with Gasteiger partial charge in [-0.25, -0.2) is 4.39 Å². The Hall–Kier alpha value is -3.65. The first kappa shape index (κ1) is 23.5. The summed E-state index contributed by atoms with van der Waals surface area (Å²) in [5.41, 5.74) is 3.64. The lowest BCUT2D eigenvalue weighted by Gasteiger charge is -2.16. The van der Waals surface area contributed by atoms with Crippen LogP contribution in [0.25, 0.3) is 0 Å². The number of carbonyl (C=O) groups excluding carboxylic acids is 1. The van der Waals surface area contributed by atoms with Crippen molar-refractivity contribution >= 4 is 23.4 Å². The highest BCUT2D eigenvalue weighted by atomic mass is 32.2. The van der Waals surface area contributed by atoms with E-state index >= 15 is 0 Å². The molecule has 0 aliphatic rings. The van der Waals surface area contributed by atoms with Crippen LogP contribution in [-0.2, 0) is 4.79 Å². The molecule has 2 atom stereocenters. The summed E-state index contributed by atoms with van der Waals surface area (Å²) in [4.78, 5) is 13.3. The molecule has 4 rings (SSSR count). The second-order valence-electron chi connectivity index (χ2n) is 7.87. The number of para-hydroxylation sites is 1. The summed E-state index contributed by atoms with van der Waals surface area (Å²) >= 11 is 1.14. The summed E-state index contributed by atoms with van der Waals surface area (Å²) in [6.07, 6.45) is -0.668. The number of hydrogen-bond acceptors (Lipinski definition) is 6. The standard InChI is InChI=1S/C26H24FN3O3S/c1-16-13-17(2)15-20(14-16)28-24(31)23(19-9-5-4-6-10-19)34-26-30-29-25(33-26)18(3)32-22-12-8-7-11-21(22)27/h4-15,18,23H,1-3H3,(H,28,31)/t18-,23-/m0/s1. The van der Waals surface area contributed by atoms with Crippen molar-refractivity contribution in [3.63, 3.8) is 0 Å². The van der Waals surface area contributed by atoms with Gasteiger partial charge in [-0.05, 0) is 73.5 Å². The van der Waals surface area contributed by atoms with Gasteiger partial charge < -0.3 is 14.5 Å². The average molecular weight is 478 g/mol. The molecule has 1 N–H and O–H groups in total. The molecule has 0 bridgehead atoms. The molecule has 34 heavy (non-hydrogen) atoms. The Labute approximate surface area is 201 Å². The monoisotopic (exact) mass is 477 g/mol. The largest absolute Gasteiger partial charge is 0.478 e. The lowest BCUT2D eigenvalue weighted by molar-refractivity contribution is -0.115. The zero-order chi connectivity index (χ0) is 24.1. The first-order valence-corrected chi connectivity index (χ1v) is 11.6. The molecule has 0 radical (unpaired) electrons. The fraction of sp³-hybridized carbons (Fsp3) is 0.192. The number of carbonyl (C=O) groups is 1. The Kier molecular flexibility index (Phi) is 7.27. The topological polar surface area (TPSA) is 77.2 Å². The second kappa shape index (κ2) is 10.5. The number of benzene rings is 3. The fourth-order valence-electron chi connectivity index (χ4n) is 3.47. The summed E-state index contributed by atoms with van der Waals surface area (Å²) in [5, 5.41) is 10.7. The van der Waals surface area contributed by atoms with Gasteiger partial charge in [0.15, 0.2) is 17.7 Å². The summed E-state index contributed by atoms with van der Waals surface area (Å²) in [6, 6.07) is 21.4. The smallest absolute Gasteiger partial charge is 0.277 e. The van der Waals surface area contributed by atoms with E-state index in [0.29, 0.717) is 0 Å². The SMILES string of the molecule is Cc1cc(C)cc(NC(=O)[C@@H](Sc2nnc([C@H](C)Oc3ccccc3F)o2)c2ccccc2)c1. The number of aromatic nitrogens is 2. The van der Waals surface area contributed by atoms with Crippen LogP contribution in [0.2, 0.25) is 0 Å². The summed E-state index contributed by atoms with van der Waals surface area (Å²) in [7, 11) is 0. The quantitative estimate of drug-likeness (QED) is 0.294. The number of aryl methyl sites for hydroxylation is 2. The number of rotatable bonds is 8. The Morgan fingerprint density at radius 3 is 2.38 bits per heavy atom. The summed E-state index contributed by atoms with van der Waals surface area (Å²) in [5.74, 6) is -0.406. The van der Waals surface area contributed by atoms with Crippen molar-refractivity contribution in [2.45, 2.75) is 37.3 Å². The maximum Gasteiger partial charge on any atom is 0.277 e. The molecule has 1 heterocycles. The molecule has 4 aromatic rings. The van der Waals surface area contributed by atoms with E-state index in [4.69, 9.17) is 9.15 Å². The van der Waals surface area contributed by atoms with Crippen LogP contribution in [0.1, 0.15) is 40.9 Å². The van der Waals surface area contributed by atoms with Gasteiger partial charge in [0.25, 0.3) is 11.1 Å². The number of thioether (sulfide) groups is 1. The predicted molar refractivity (Wildman–Crippen MR) is 129 cm³/mol.